The van der Waals surface area contributed by atoms with E-state index in [9.17, 15) is 0 Å². The number of benzene rings is 1. The van der Waals surface area contributed by atoms with Gasteiger partial charge in [0.2, 0.25) is 0 Å². The number of imidazole rings is 1. The summed E-state index contributed by atoms with van der Waals surface area (Å²) in [4.78, 5) is 4.51. The Bertz CT molecular complexity index is 515. The van der Waals surface area contributed by atoms with E-state index in [0.29, 0.717) is 5.92 Å². The summed E-state index contributed by atoms with van der Waals surface area (Å²) in [6.07, 6.45) is 1.96. The van der Waals surface area contributed by atoms with Crippen LogP contribution in [0.25, 0.3) is 11.0 Å². The van der Waals surface area contributed by atoms with Crippen LogP contribution in [0.15, 0.2) is 24.5 Å². The second-order valence-electron chi connectivity index (χ2n) is 6.24. The normalized spacial score (nSPS) is 12.6. The first-order valence-electron chi connectivity index (χ1n) is 6.33. The maximum atomic E-state index is 4.51. The van der Waals surface area contributed by atoms with Gasteiger partial charge < -0.3 is 4.57 Å². The zero-order chi connectivity index (χ0) is 12.6. The molecule has 2 nitrogen and oxygen atoms in total. The molecule has 0 spiro atoms. The molecule has 0 N–H and O–H groups in total. The first-order valence-corrected chi connectivity index (χ1v) is 6.33. The SMILES string of the molecule is CC(C)Cn1cnc2cc(C(C)(C)C)ccc21. The van der Waals surface area contributed by atoms with E-state index in [4.69, 9.17) is 0 Å². The summed E-state index contributed by atoms with van der Waals surface area (Å²) in [5.74, 6) is 0.648. The van der Waals surface area contributed by atoms with Crippen molar-refractivity contribution in [1.82, 2.24) is 9.55 Å². The minimum absolute atomic E-state index is 0.190. The van der Waals surface area contributed by atoms with Crippen molar-refractivity contribution in [2.24, 2.45) is 5.92 Å². The van der Waals surface area contributed by atoms with E-state index in [1.807, 2.05) is 6.33 Å². The Labute approximate surface area is 104 Å². The topological polar surface area (TPSA) is 17.8 Å². The molecule has 0 radical (unpaired) electrons. The number of aromatic nitrogens is 2. The fourth-order valence-corrected chi connectivity index (χ4v) is 2.07. The Balaban J connectivity index is 2.45. The number of rotatable bonds is 2. The molecule has 2 heteroatoms. The van der Waals surface area contributed by atoms with Crippen LogP contribution in [0.3, 0.4) is 0 Å². The minimum atomic E-state index is 0.190. The van der Waals surface area contributed by atoms with E-state index >= 15 is 0 Å². The molecule has 1 aromatic heterocycles. The first-order chi connectivity index (χ1) is 7.88. The van der Waals surface area contributed by atoms with Crippen LogP contribution in [0.2, 0.25) is 0 Å². The van der Waals surface area contributed by atoms with Gasteiger partial charge in [0.05, 0.1) is 17.4 Å². The molecule has 0 bridgehead atoms. The molecule has 2 aromatic rings. The third-order valence-corrected chi connectivity index (χ3v) is 3.05. The van der Waals surface area contributed by atoms with Gasteiger partial charge >= 0.3 is 0 Å². The first kappa shape index (κ1) is 12.2. The molecule has 0 saturated heterocycles. The molecule has 0 atom stereocenters. The number of nitrogens with zero attached hydrogens (tertiary/aromatic N) is 2. The van der Waals surface area contributed by atoms with Gasteiger partial charge in [0.25, 0.3) is 0 Å². The Hall–Kier alpha value is -1.31. The highest BCUT2D eigenvalue weighted by atomic mass is 15.0. The van der Waals surface area contributed by atoms with Crippen LogP contribution in [0, 0.1) is 5.92 Å². The molecular formula is C15H22N2. The lowest BCUT2D eigenvalue weighted by Crippen LogP contribution is -2.10. The zero-order valence-corrected chi connectivity index (χ0v) is 11.5. The van der Waals surface area contributed by atoms with Crippen LogP contribution in [-0.2, 0) is 12.0 Å². The van der Waals surface area contributed by atoms with Crippen molar-refractivity contribution in [3.8, 4) is 0 Å². The molecule has 0 saturated carbocycles. The van der Waals surface area contributed by atoms with Gasteiger partial charge in [0.15, 0.2) is 0 Å². The van der Waals surface area contributed by atoms with E-state index in [0.717, 1.165) is 12.1 Å². The van der Waals surface area contributed by atoms with E-state index < -0.39 is 0 Å². The largest absolute Gasteiger partial charge is 0.330 e. The van der Waals surface area contributed by atoms with Gasteiger partial charge in [-0.25, -0.2) is 4.98 Å². The van der Waals surface area contributed by atoms with Crippen molar-refractivity contribution < 1.29 is 0 Å². The molecule has 0 fully saturated rings. The van der Waals surface area contributed by atoms with Crippen molar-refractivity contribution in [2.45, 2.75) is 46.6 Å². The monoisotopic (exact) mass is 230 g/mol. The number of hydrogen-bond acceptors (Lipinski definition) is 1. The predicted molar refractivity (Wildman–Crippen MR) is 73.3 cm³/mol. The van der Waals surface area contributed by atoms with E-state index in [1.54, 1.807) is 0 Å². The molecule has 1 aromatic carbocycles. The molecule has 0 unspecified atom stereocenters. The van der Waals surface area contributed by atoms with Crippen LogP contribution in [0.1, 0.15) is 40.2 Å². The van der Waals surface area contributed by atoms with Crippen molar-refractivity contribution in [3.63, 3.8) is 0 Å². The van der Waals surface area contributed by atoms with Gasteiger partial charge in [0.1, 0.15) is 0 Å². The van der Waals surface area contributed by atoms with E-state index in [-0.39, 0.29) is 5.41 Å². The Morgan fingerprint density at radius 1 is 1.24 bits per heavy atom. The van der Waals surface area contributed by atoms with Gasteiger partial charge in [-0.05, 0) is 29.0 Å². The van der Waals surface area contributed by atoms with Crippen LogP contribution in [-0.4, -0.2) is 9.55 Å². The highest BCUT2D eigenvalue weighted by molar-refractivity contribution is 5.76. The average molecular weight is 230 g/mol. The molecule has 2 rings (SSSR count). The maximum absolute atomic E-state index is 4.51. The average Bonchev–Trinajstić information content (AvgIpc) is 2.59. The highest BCUT2D eigenvalue weighted by Crippen LogP contribution is 2.25. The summed E-state index contributed by atoms with van der Waals surface area (Å²) in [7, 11) is 0. The molecule has 0 aliphatic rings. The molecule has 17 heavy (non-hydrogen) atoms. The number of hydrogen-bond donors (Lipinski definition) is 0. The summed E-state index contributed by atoms with van der Waals surface area (Å²) < 4.78 is 2.24. The van der Waals surface area contributed by atoms with Crippen LogP contribution in [0.4, 0.5) is 0 Å². The Morgan fingerprint density at radius 3 is 2.53 bits per heavy atom. The maximum Gasteiger partial charge on any atom is 0.0958 e. The van der Waals surface area contributed by atoms with Gasteiger partial charge in [-0.15, -0.1) is 0 Å². The molecule has 0 aliphatic heterocycles. The van der Waals surface area contributed by atoms with Crippen molar-refractivity contribution in [3.05, 3.63) is 30.1 Å². The standard InChI is InChI=1S/C15H22N2/c1-11(2)9-17-10-16-13-8-12(15(3,4)5)6-7-14(13)17/h6-8,10-11H,9H2,1-5H3. The van der Waals surface area contributed by atoms with Gasteiger partial charge in [-0.1, -0.05) is 40.7 Å². The van der Waals surface area contributed by atoms with Crippen molar-refractivity contribution in [1.29, 1.82) is 0 Å². The molecule has 0 amide bonds. The third-order valence-electron chi connectivity index (χ3n) is 3.05. The molecule has 0 aliphatic carbocycles. The van der Waals surface area contributed by atoms with E-state index in [1.165, 1.54) is 11.1 Å². The smallest absolute Gasteiger partial charge is 0.0958 e. The minimum Gasteiger partial charge on any atom is -0.330 e. The number of fused-ring (bicyclic) bond motifs is 1. The van der Waals surface area contributed by atoms with Gasteiger partial charge in [-0.3, -0.25) is 0 Å². The quantitative estimate of drug-likeness (QED) is 0.762. The van der Waals surface area contributed by atoms with E-state index in [2.05, 4.69) is 62.4 Å². The van der Waals surface area contributed by atoms with Gasteiger partial charge in [-0.2, -0.15) is 0 Å². The van der Waals surface area contributed by atoms with Crippen molar-refractivity contribution >= 4 is 11.0 Å². The van der Waals surface area contributed by atoms with Gasteiger partial charge in [0, 0.05) is 6.54 Å². The van der Waals surface area contributed by atoms with Crippen LogP contribution in [0.5, 0.6) is 0 Å². The summed E-state index contributed by atoms with van der Waals surface area (Å²) in [5, 5.41) is 0. The summed E-state index contributed by atoms with van der Waals surface area (Å²) in [6.45, 7) is 12.2. The predicted octanol–water partition coefficient (Wildman–Crippen LogP) is 3.99. The summed E-state index contributed by atoms with van der Waals surface area (Å²) >= 11 is 0. The fourth-order valence-electron chi connectivity index (χ4n) is 2.07. The summed E-state index contributed by atoms with van der Waals surface area (Å²) in [5.41, 5.74) is 3.89. The third kappa shape index (κ3) is 2.51. The van der Waals surface area contributed by atoms with Crippen LogP contribution < -0.4 is 0 Å². The second-order valence-corrected chi connectivity index (χ2v) is 6.24. The van der Waals surface area contributed by atoms with Crippen molar-refractivity contribution in [2.75, 3.05) is 0 Å². The Kier molecular flexibility index (Phi) is 2.98. The molecule has 1 heterocycles. The molecule has 92 valence electrons. The Morgan fingerprint density at radius 2 is 1.94 bits per heavy atom. The second kappa shape index (κ2) is 4.17. The lowest BCUT2D eigenvalue weighted by molar-refractivity contribution is 0.532. The summed E-state index contributed by atoms with van der Waals surface area (Å²) in [6, 6.07) is 6.64. The van der Waals surface area contributed by atoms with Crippen LogP contribution >= 0.6 is 0 Å². The highest BCUT2D eigenvalue weighted by Gasteiger charge is 2.15. The lowest BCUT2D eigenvalue weighted by Gasteiger charge is -2.18. The molecular weight excluding hydrogens is 208 g/mol. The fraction of sp³-hybridized carbons (Fsp3) is 0.533. The lowest BCUT2D eigenvalue weighted by atomic mass is 9.87. The zero-order valence-electron chi connectivity index (χ0n) is 11.5.